The summed E-state index contributed by atoms with van der Waals surface area (Å²) in [5.41, 5.74) is 2.17. The van der Waals surface area contributed by atoms with Crippen molar-refractivity contribution in [1.29, 1.82) is 0 Å². The zero-order valence-corrected chi connectivity index (χ0v) is 22.4. The van der Waals surface area contributed by atoms with E-state index < -0.39 is 18.4 Å². The molecule has 3 aromatic rings. The van der Waals surface area contributed by atoms with Crippen molar-refractivity contribution in [2.24, 2.45) is 7.05 Å². The van der Waals surface area contributed by atoms with E-state index in [-0.39, 0.29) is 23.5 Å². The molecule has 4 rings (SSSR count). The Kier molecular flexibility index (Phi) is 6.88. The zero-order chi connectivity index (χ0) is 24.6. The molecule has 2 aromatic carbocycles. The van der Waals surface area contributed by atoms with Crippen molar-refractivity contribution in [1.82, 2.24) is 9.78 Å². The van der Waals surface area contributed by atoms with E-state index in [0.29, 0.717) is 6.61 Å². The van der Waals surface area contributed by atoms with Gasteiger partial charge in [-0.15, -0.1) is 0 Å². The van der Waals surface area contributed by atoms with Gasteiger partial charge >= 0.3 is 0 Å². The van der Waals surface area contributed by atoms with Crippen molar-refractivity contribution in [2.75, 3.05) is 19.5 Å². The number of fused-ring (bicyclic) bond motifs is 1. The molecule has 1 heterocycles. The number of hydrogen-bond acceptors (Lipinski definition) is 5. The molecule has 2 atom stereocenters. The molecule has 0 spiro atoms. The van der Waals surface area contributed by atoms with Crippen molar-refractivity contribution in [2.45, 2.75) is 44.1 Å². The Bertz CT molecular complexity index is 1180. The minimum atomic E-state index is -3.50. The number of rotatable bonds is 8. The van der Waals surface area contributed by atoms with Crippen LogP contribution in [0.15, 0.2) is 66.9 Å². The first-order valence-electron chi connectivity index (χ1n) is 11.6. The molecule has 34 heavy (non-hydrogen) atoms. The quantitative estimate of drug-likeness (QED) is 0.351. The molecule has 0 bridgehead atoms. The minimum absolute atomic E-state index is 0.0221. The van der Waals surface area contributed by atoms with Crippen LogP contribution in [0.25, 0.3) is 0 Å². The first-order chi connectivity index (χ1) is 16.0. The lowest BCUT2D eigenvalue weighted by Gasteiger charge is -2.43. The summed E-state index contributed by atoms with van der Waals surface area (Å²) in [5, 5.41) is 6.84. The summed E-state index contributed by atoms with van der Waals surface area (Å²) in [6, 6.07) is 21.2. The third kappa shape index (κ3) is 4.77. The summed E-state index contributed by atoms with van der Waals surface area (Å²) >= 11 is 0. The Morgan fingerprint density at radius 3 is 2.03 bits per heavy atom. The summed E-state index contributed by atoms with van der Waals surface area (Å²) < 4.78 is 37.4. The monoisotopic (exact) mass is 498 g/mol. The first kappa shape index (κ1) is 24.8. The molecule has 182 valence electrons. The molecular formula is C26H34N2O4SSi. The Balaban J connectivity index is 1.69. The number of aryl methyl sites for hydroxylation is 1. The molecule has 1 aromatic heterocycles. The van der Waals surface area contributed by atoms with Crippen LogP contribution in [0.4, 0.5) is 0 Å². The smallest absolute Gasteiger partial charge is 0.264 e. The largest absolute Gasteiger partial charge is 0.407 e. The molecule has 1 aliphatic carbocycles. The normalized spacial score (nSPS) is 18.7. The maximum absolute atomic E-state index is 11.6. The van der Waals surface area contributed by atoms with Crippen molar-refractivity contribution >= 4 is 28.8 Å². The third-order valence-corrected chi connectivity index (χ3v) is 12.4. The van der Waals surface area contributed by atoms with Crippen LogP contribution < -0.4 is 10.4 Å². The highest BCUT2D eigenvalue weighted by molar-refractivity contribution is 7.85. The number of hydrogen-bond donors (Lipinski definition) is 0. The van der Waals surface area contributed by atoms with E-state index >= 15 is 0 Å². The molecule has 0 saturated carbocycles. The Morgan fingerprint density at radius 2 is 1.53 bits per heavy atom. The molecule has 0 radical (unpaired) electrons. The van der Waals surface area contributed by atoms with Crippen LogP contribution in [0, 0.1) is 0 Å². The van der Waals surface area contributed by atoms with E-state index in [0.717, 1.165) is 23.9 Å². The number of benzene rings is 2. The molecule has 0 N–H and O–H groups in total. The first-order valence-corrected chi connectivity index (χ1v) is 15.4. The molecule has 0 unspecified atom stereocenters. The van der Waals surface area contributed by atoms with Gasteiger partial charge in [-0.05, 0) is 27.4 Å². The lowest BCUT2D eigenvalue weighted by molar-refractivity contribution is 0.247. The van der Waals surface area contributed by atoms with Gasteiger partial charge in [0.2, 0.25) is 0 Å². The summed E-state index contributed by atoms with van der Waals surface area (Å²) in [4.78, 5) is 0. The van der Waals surface area contributed by atoms with Gasteiger partial charge in [0.15, 0.2) is 0 Å². The van der Waals surface area contributed by atoms with Crippen molar-refractivity contribution < 1.29 is 17.0 Å². The summed E-state index contributed by atoms with van der Waals surface area (Å²) in [6.45, 7) is 7.48. The minimum Gasteiger partial charge on any atom is -0.407 e. The second-order valence-corrected chi connectivity index (χ2v) is 16.2. The van der Waals surface area contributed by atoms with Gasteiger partial charge in [0.25, 0.3) is 18.4 Å². The zero-order valence-electron chi connectivity index (χ0n) is 20.6. The second-order valence-electron chi connectivity index (χ2n) is 10.2. The molecule has 6 nitrogen and oxygen atoms in total. The standard InChI is InChI=1S/C26H34N2O4SSi/c1-26(2,3)34(22-12-8-6-9-13-22,23-14-10-7-11-15-23)32-19-21-16-20(18-31-33(5,29)30)24-17-27-28(4)25(21)24/h6-15,17,20-21H,16,18-19H2,1-5H3/t20-,21+/m0/s1. The SMILES string of the molecule is Cn1ncc2c1[C@@H](CO[Si](c1ccccc1)(c1ccccc1)C(C)(C)C)C[C@H]2COS(C)(=O)=O. The highest BCUT2D eigenvalue weighted by atomic mass is 32.2. The maximum Gasteiger partial charge on any atom is 0.264 e. The van der Waals surface area contributed by atoms with E-state index in [9.17, 15) is 8.42 Å². The average Bonchev–Trinajstić information content (AvgIpc) is 3.33. The third-order valence-electron chi connectivity index (χ3n) is 6.81. The van der Waals surface area contributed by atoms with Gasteiger partial charge < -0.3 is 4.43 Å². The van der Waals surface area contributed by atoms with Gasteiger partial charge in [0.05, 0.1) is 19.1 Å². The lowest BCUT2D eigenvalue weighted by atomic mass is 10.0. The molecule has 0 fully saturated rings. The Hall–Kier alpha value is -2.26. The van der Waals surface area contributed by atoms with Gasteiger partial charge in [-0.3, -0.25) is 8.86 Å². The molecule has 1 aliphatic rings. The topological polar surface area (TPSA) is 70.4 Å². The summed E-state index contributed by atoms with van der Waals surface area (Å²) in [6.07, 6.45) is 3.71. The van der Waals surface area contributed by atoms with Crippen LogP contribution in [0.5, 0.6) is 0 Å². The van der Waals surface area contributed by atoms with Gasteiger partial charge in [0, 0.05) is 31.2 Å². The fourth-order valence-electron chi connectivity index (χ4n) is 5.36. The number of nitrogens with zero attached hydrogens (tertiary/aromatic N) is 2. The van der Waals surface area contributed by atoms with Crippen LogP contribution in [0.2, 0.25) is 5.04 Å². The van der Waals surface area contributed by atoms with E-state index in [1.165, 1.54) is 10.4 Å². The van der Waals surface area contributed by atoms with Gasteiger partial charge in [-0.25, -0.2) is 0 Å². The van der Waals surface area contributed by atoms with Crippen LogP contribution in [0.3, 0.4) is 0 Å². The van der Waals surface area contributed by atoms with Crippen LogP contribution in [-0.2, 0) is 25.8 Å². The van der Waals surface area contributed by atoms with E-state index in [2.05, 4.69) is 74.4 Å². The van der Waals surface area contributed by atoms with Crippen molar-refractivity contribution in [3.63, 3.8) is 0 Å². The predicted octanol–water partition coefficient (Wildman–Crippen LogP) is 3.54. The molecule has 0 saturated heterocycles. The average molecular weight is 499 g/mol. The van der Waals surface area contributed by atoms with E-state index in [1.54, 1.807) is 0 Å². The summed E-state index contributed by atoms with van der Waals surface area (Å²) in [5.74, 6) is 0.0866. The van der Waals surface area contributed by atoms with Crippen LogP contribution in [-0.4, -0.2) is 46.0 Å². The predicted molar refractivity (Wildman–Crippen MR) is 138 cm³/mol. The Labute approximate surface area is 204 Å². The van der Waals surface area contributed by atoms with Crippen LogP contribution >= 0.6 is 0 Å². The fourth-order valence-corrected chi connectivity index (χ4v) is 10.4. The van der Waals surface area contributed by atoms with Crippen LogP contribution in [0.1, 0.15) is 50.3 Å². The van der Waals surface area contributed by atoms with Crippen molar-refractivity contribution in [3.05, 3.63) is 78.1 Å². The molecule has 0 aliphatic heterocycles. The highest BCUT2D eigenvalue weighted by Gasteiger charge is 2.51. The van der Waals surface area contributed by atoms with Gasteiger partial charge in [-0.2, -0.15) is 13.5 Å². The number of aromatic nitrogens is 2. The fraction of sp³-hybridized carbons (Fsp3) is 0.423. The van der Waals surface area contributed by atoms with E-state index in [1.807, 2.05) is 30.1 Å². The molecular weight excluding hydrogens is 464 g/mol. The maximum atomic E-state index is 11.6. The summed E-state index contributed by atoms with van der Waals surface area (Å²) in [7, 11) is -4.23. The van der Waals surface area contributed by atoms with Crippen molar-refractivity contribution in [3.8, 4) is 0 Å². The Morgan fingerprint density at radius 1 is 0.971 bits per heavy atom. The highest BCUT2D eigenvalue weighted by Crippen LogP contribution is 2.44. The lowest BCUT2D eigenvalue weighted by Crippen LogP contribution is -2.66. The van der Waals surface area contributed by atoms with E-state index in [4.69, 9.17) is 8.61 Å². The van der Waals surface area contributed by atoms with Gasteiger partial charge in [-0.1, -0.05) is 81.4 Å². The molecule has 0 amide bonds. The van der Waals surface area contributed by atoms with Gasteiger partial charge in [0.1, 0.15) is 0 Å². The molecule has 8 heteroatoms. The second kappa shape index (κ2) is 9.41.